The van der Waals surface area contributed by atoms with Gasteiger partial charge in [0.05, 0.1) is 22.5 Å². The van der Waals surface area contributed by atoms with Gasteiger partial charge in [0.15, 0.2) is 0 Å². The summed E-state index contributed by atoms with van der Waals surface area (Å²) >= 11 is 5.26. The molecular formula is C13H22BrN3OS. The normalized spacial score (nSPS) is 22.6. The van der Waals surface area contributed by atoms with Crippen LogP contribution in [0.25, 0.3) is 0 Å². The minimum atomic E-state index is 0.171. The molecule has 0 bridgehead atoms. The number of hydrogen-bond acceptors (Lipinski definition) is 5. The van der Waals surface area contributed by atoms with Gasteiger partial charge in [-0.1, -0.05) is 6.92 Å². The fourth-order valence-corrected chi connectivity index (χ4v) is 4.01. The molecule has 1 aliphatic rings. The van der Waals surface area contributed by atoms with Gasteiger partial charge in [-0.15, -0.1) is 11.3 Å². The van der Waals surface area contributed by atoms with Gasteiger partial charge >= 0.3 is 0 Å². The molecule has 6 heteroatoms. The van der Waals surface area contributed by atoms with Crippen molar-refractivity contribution in [3.8, 4) is 0 Å². The Labute approximate surface area is 127 Å². The van der Waals surface area contributed by atoms with Gasteiger partial charge in [-0.2, -0.15) is 0 Å². The molecule has 1 fully saturated rings. The summed E-state index contributed by atoms with van der Waals surface area (Å²) in [6.07, 6.45) is 2.27. The van der Waals surface area contributed by atoms with E-state index < -0.39 is 0 Å². The number of halogens is 1. The summed E-state index contributed by atoms with van der Waals surface area (Å²) < 4.78 is 7.06. The van der Waals surface area contributed by atoms with Gasteiger partial charge in [0.1, 0.15) is 0 Å². The fourth-order valence-electron chi connectivity index (χ4n) is 2.47. The molecule has 0 amide bonds. The van der Waals surface area contributed by atoms with Crippen LogP contribution < -0.4 is 11.3 Å². The monoisotopic (exact) mass is 347 g/mol. The molecule has 0 aromatic carbocycles. The number of nitrogens with zero attached hydrogens (tertiary/aromatic N) is 1. The van der Waals surface area contributed by atoms with E-state index in [-0.39, 0.29) is 12.1 Å². The van der Waals surface area contributed by atoms with Crippen LogP contribution in [0.3, 0.4) is 0 Å². The first-order chi connectivity index (χ1) is 9.22. The molecule has 4 nitrogen and oxygen atoms in total. The number of rotatable bonds is 6. The van der Waals surface area contributed by atoms with Crippen molar-refractivity contribution in [3.05, 3.63) is 20.8 Å². The van der Waals surface area contributed by atoms with Crippen molar-refractivity contribution < 1.29 is 4.74 Å². The number of nitrogens with one attached hydrogen (secondary N) is 1. The van der Waals surface area contributed by atoms with Crippen LogP contribution >= 0.6 is 27.3 Å². The second-order valence-electron chi connectivity index (χ2n) is 4.89. The van der Waals surface area contributed by atoms with E-state index in [0.717, 1.165) is 36.4 Å². The standard InChI is InChI=1S/C13H22BrN3OS/c1-2-5-17-6-7-18-12(9-17)11(16-15)8-10-3-4-13(14)19-10/h3-4,11-12,16H,2,5-9,15H2,1H3. The average molecular weight is 348 g/mol. The molecule has 0 saturated carbocycles. The van der Waals surface area contributed by atoms with Crippen LogP contribution in [-0.4, -0.2) is 43.3 Å². The highest BCUT2D eigenvalue weighted by atomic mass is 79.9. The van der Waals surface area contributed by atoms with Gasteiger partial charge in [-0.25, -0.2) is 0 Å². The van der Waals surface area contributed by atoms with Crippen LogP contribution in [0.1, 0.15) is 18.2 Å². The van der Waals surface area contributed by atoms with E-state index in [4.69, 9.17) is 10.6 Å². The number of morpholine rings is 1. The van der Waals surface area contributed by atoms with E-state index in [1.54, 1.807) is 11.3 Å². The molecule has 108 valence electrons. The second kappa shape index (κ2) is 7.71. The maximum Gasteiger partial charge on any atom is 0.0872 e. The minimum absolute atomic E-state index is 0.171. The first-order valence-corrected chi connectivity index (χ1v) is 8.38. The highest BCUT2D eigenvalue weighted by Crippen LogP contribution is 2.24. The molecule has 1 saturated heterocycles. The quantitative estimate of drug-likeness (QED) is 0.610. The molecule has 1 aliphatic heterocycles. The molecular weight excluding hydrogens is 326 g/mol. The predicted molar refractivity (Wildman–Crippen MR) is 83.3 cm³/mol. The zero-order valence-electron chi connectivity index (χ0n) is 11.3. The fraction of sp³-hybridized carbons (Fsp3) is 0.692. The van der Waals surface area contributed by atoms with Crippen LogP contribution in [0.5, 0.6) is 0 Å². The molecule has 0 aliphatic carbocycles. The highest BCUT2D eigenvalue weighted by Gasteiger charge is 2.27. The van der Waals surface area contributed by atoms with Gasteiger partial charge in [0, 0.05) is 24.4 Å². The third kappa shape index (κ3) is 4.51. The van der Waals surface area contributed by atoms with Crippen LogP contribution in [0.15, 0.2) is 15.9 Å². The van der Waals surface area contributed by atoms with Gasteiger partial charge in [-0.3, -0.25) is 16.2 Å². The minimum Gasteiger partial charge on any atom is -0.374 e. The predicted octanol–water partition coefficient (Wildman–Crippen LogP) is 2.00. The smallest absolute Gasteiger partial charge is 0.0872 e. The summed E-state index contributed by atoms with van der Waals surface area (Å²) in [4.78, 5) is 3.79. The SMILES string of the molecule is CCCN1CCOC(C(Cc2ccc(Br)s2)NN)C1. The molecule has 1 aromatic heterocycles. The third-order valence-electron chi connectivity index (χ3n) is 3.43. The summed E-state index contributed by atoms with van der Waals surface area (Å²) in [5.41, 5.74) is 2.93. The second-order valence-corrected chi connectivity index (χ2v) is 7.44. The number of thiophene rings is 1. The zero-order chi connectivity index (χ0) is 13.7. The number of hydrogen-bond donors (Lipinski definition) is 2. The van der Waals surface area contributed by atoms with E-state index >= 15 is 0 Å². The van der Waals surface area contributed by atoms with Crippen LogP contribution in [-0.2, 0) is 11.2 Å². The summed E-state index contributed by atoms with van der Waals surface area (Å²) in [6.45, 7) is 6.16. The molecule has 2 heterocycles. The Morgan fingerprint density at radius 2 is 2.47 bits per heavy atom. The van der Waals surface area contributed by atoms with E-state index in [2.05, 4.69) is 45.3 Å². The Morgan fingerprint density at radius 3 is 3.11 bits per heavy atom. The molecule has 3 N–H and O–H groups in total. The molecule has 0 spiro atoms. The largest absolute Gasteiger partial charge is 0.374 e. The molecule has 2 unspecified atom stereocenters. The van der Waals surface area contributed by atoms with Crippen molar-refractivity contribution in [2.75, 3.05) is 26.2 Å². The summed E-state index contributed by atoms with van der Waals surface area (Å²) in [5.74, 6) is 5.72. The highest BCUT2D eigenvalue weighted by molar-refractivity contribution is 9.11. The van der Waals surface area contributed by atoms with E-state index in [1.807, 2.05) is 0 Å². The van der Waals surface area contributed by atoms with E-state index in [0.29, 0.717) is 0 Å². The summed E-state index contributed by atoms with van der Waals surface area (Å²) in [6, 6.07) is 4.40. The lowest BCUT2D eigenvalue weighted by molar-refractivity contribution is -0.0461. The molecule has 0 radical (unpaired) electrons. The summed E-state index contributed by atoms with van der Waals surface area (Å²) in [7, 11) is 0. The van der Waals surface area contributed by atoms with Crippen molar-refractivity contribution in [1.29, 1.82) is 0 Å². The Kier molecular flexibility index (Phi) is 6.25. The van der Waals surface area contributed by atoms with Crippen LogP contribution in [0, 0.1) is 0 Å². The van der Waals surface area contributed by atoms with Crippen molar-refractivity contribution in [3.63, 3.8) is 0 Å². The Balaban J connectivity index is 1.92. The van der Waals surface area contributed by atoms with Gasteiger partial charge in [0.25, 0.3) is 0 Å². The lowest BCUT2D eigenvalue weighted by Gasteiger charge is -2.36. The molecule has 19 heavy (non-hydrogen) atoms. The summed E-state index contributed by atoms with van der Waals surface area (Å²) in [5, 5.41) is 0. The number of ether oxygens (including phenoxy) is 1. The number of nitrogens with two attached hydrogens (primary N) is 1. The van der Waals surface area contributed by atoms with Crippen LogP contribution in [0.4, 0.5) is 0 Å². The maximum absolute atomic E-state index is 5.90. The Morgan fingerprint density at radius 1 is 1.63 bits per heavy atom. The van der Waals surface area contributed by atoms with E-state index in [9.17, 15) is 0 Å². The maximum atomic E-state index is 5.90. The van der Waals surface area contributed by atoms with Gasteiger partial charge < -0.3 is 4.74 Å². The van der Waals surface area contributed by atoms with Gasteiger partial charge in [0.2, 0.25) is 0 Å². The Bertz CT molecular complexity index is 386. The zero-order valence-corrected chi connectivity index (χ0v) is 13.7. The molecule has 1 aromatic rings. The van der Waals surface area contributed by atoms with Crippen molar-refractivity contribution in [2.24, 2.45) is 5.84 Å². The topological polar surface area (TPSA) is 50.5 Å². The van der Waals surface area contributed by atoms with Gasteiger partial charge in [-0.05, 0) is 41.0 Å². The van der Waals surface area contributed by atoms with Crippen molar-refractivity contribution in [2.45, 2.75) is 31.9 Å². The third-order valence-corrected chi connectivity index (χ3v) is 5.08. The molecule has 2 rings (SSSR count). The lowest BCUT2D eigenvalue weighted by atomic mass is 10.1. The van der Waals surface area contributed by atoms with Crippen molar-refractivity contribution in [1.82, 2.24) is 10.3 Å². The van der Waals surface area contributed by atoms with Crippen LogP contribution in [0.2, 0.25) is 0 Å². The first-order valence-electron chi connectivity index (χ1n) is 6.77. The lowest BCUT2D eigenvalue weighted by Crippen LogP contribution is -2.54. The van der Waals surface area contributed by atoms with E-state index in [1.165, 1.54) is 11.3 Å². The van der Waals surface area contributed by atoms with Crippen molar-refractivity contribution >= 4 is 27.3 Å². The first kappa shape index (κ1) is 15.4. The average Bonchev–Trinajstić information content (AvgIpc) is 2.82. The molecule has 2 atom stereocenters. The number of hydrazine groups is 1. The Hall–Kier alpha value is 0.0200.